The van der Waals surface area contributed by atoms with Gasteiger partial charge in [0.2, 0.25) is 11.8 Å². The quantitative estimate of drug-likeness (QED) is 0.304. The first kappa shape index (κ1) is 24.5. The topological polar surface area (TPSA) is 115 Å². The number of hydroxylamine groups is 2. The fourth-order valence-corrected chi connectivity index (χ4v) is 6.37. The molecule has 2 bridgehead atoms. The molecule has 1 aliphatic carbocycles. The number of rotatable bonds is 9. The molecule has 1 saturated carbocycles. The van der Waals surface area contributed by atoms with Crippen molar-refractivity contribution in [2.75, 3.05) is 27.2 Å². The molecule has 2 N–H and O–H groups in total. The summed E-state index contributed by atoms with van der Waals surface area (Å²) in [4.78, 5) is 37.9. The normalized spacial score (nSPS) is 31.1. The number of likely N-dealkylation sites (tertiary alicyclic amines) is 3. The van der Waals surface area contributed by atoms with Crippen LogP contribution in [-0.2, 0) is 18.9 Å². The second-order valence-corrected chi connectivity index (χ2v) is 11.0. The summed E-state index contributed by atoms with van der Waals surface area (Å²) in [6, 6.07) is 9.06. The number of piperidine rings is 1. The van der Waals surface area contributed by atoms with Crippen LogP contribution in [0, 0.1) is 17.2 Å². The molecule has 35 heavy (non-hydrogen) atoms. The maximum Gasteiger partial charge on any atom is 0.242 e. The lowest BCUT2D eigenvalue weighted by Gasteiger charge is -2.38. The summed E-state index contributed by atoms with van der Waals surface area (Å²) >= 11 is 1.12. The van der Waals surface area contributed by atoms with Crippen molar-refractivity contribution in [1.29, 1.82) is 5.26 Å². The number of nitriles is 1. The van der Waals surface area contributed by atoms with E-state index in [0.29, 0.717) is 19.0 Å². The molecule has 1 aromatic rings. The Balaban J connectivity index is 1.16. The molecule has 11 heteroatoms. The van der Waals surface area contributed by atoms with Crippen molar-refractivity contribution >= 4 is 23.9 Å². The number of fused-ring (bicyclic) bond motifs is 3. The van der Waals surface area contributed by atoms with Crippen LogP contribution in [0.15, 0.2) is 29.2 Å². The summed E-state index contributed by atoms with van der Waals surface area (Å²) in [6.07, 6.45) is 2.49. The van der Waals surface area contributed by atoms with Crippen LogP contribution in [0.4, 0.5) is 0 Å². The predicted molar refractivity (Wildman–Crippen MR) is 128 cm³/mol. The number of carbonyl (C=O) groups is 2. The van der Waals surface area contributed by atoms with E-state index >= 15 is 0 Å². The first-order valence-electron chi connectivity index (χ1n) is 12.1. The van der Waals surface area contributed by atoms with Gasteiger partial charge in [-0.1, -0.05) is 12.1 Å². The van der Waals surface area contributed by atoms with Crippen molar-refractivity contribution in [2.45, 2.75) is 67.3 Å². The van der Waals surface area contributed by atoms with Crippen LogP contribution < -0.4 is 5.73 Å². The van der Waals surface area contributed by atoms with Gasteiger partial charge in [0.25, 0.3) is 0 Å². The molecule has 2 amide bonds. The molecule has 7 atom stereocenters. The Bertz CT molecular complexity index is 1020. The summed E-state index contributed by atoms with van der Waals surface area (Å²) in [6.45, 7) is 3.10. The lowest BCUT2D eigenvalue weighted by atomic mass is 10.1. The van der Waals surface area contributed by atoms with Gasteiger partial charge in [-0.2, -0.15) is 10.3 Å². The molecule has 1 aromatic carbocycles. The number of piperazine rings is 1. The number of amides is 2. The van der Waals surface area contributed by atoms with Gasteiger partial charge >= 0.3 is 0 Å². The van der Waals surface area contributed by atoms with Crippen molar-refractivity contribution in [1.82, 2.24) is 19.8 Å². The molecule has 10 nitrogen and oxygen atoms in total. The summed E-state index contributed by atoms with van der Waals surface area (Å²) in [7, 11) is 3.47. The summed E-state index contributed by atoms with van der Waals surface area (Å²) < 4.78 is 5.07. The Morgan fingerprint density at radius 2 is 2.03 bits per heavy atom. The molecular weight excluding hydrogens is 468 g/mol. The Morgan fingerprint density at radius 3 is 2.69 bits per heavy atom. The van der Waals surface area contributed by atoms with Gasteiger partial charge in [-0.25, -0.2) is 0 Å². The molecule has 4 aliphatic rings. The first-order valence-corrected chi connectivity index (χ1v) is 12.8. The number of hydrogen-bond donors (Lipinski definition) is 1. The number of benzene rings is 1. The molecule has 188 valence electrons. The van der Waals surface area contributed by atoms with Crippen LogP contribution in [0.1, 0.15) is 37.8 Å². The van der Waals surface area contributed by atoms with Gasteiger partial charge in [-0.3, -0.25) is 14.5 Å². The highest BCUT2D eigenvalue weighted by Gasteiger charge is 2.56. The van der Waals surface area contributed by atoms with E-state index in [-0.39, 0.29) is 42.0 Å². The molecule has 0 aromatic heterocycles. The number of nitrogens with zero attached hydrogens (tertiary/aromatic N) is 5. The average Bonchev–Trinajstić information content (AvgIpc) is 3.16. The van der Waals surface area contributed by atoms with E-state index in [1.807, 2.05) is 36.1 Å². The second-order valence-electron chi connectivity index (χ2n) is 10.2. The highest BCUT2D eigenvalue weighted by molar-refractivity contribution is 7.94. The van der Waals surface area contributed by atoms with E-state index in [1.54, 1.807) is 19.0 Å². The first-order chi connectivity index (χ1) is 16.8. The molecule has 5 rings (SSSR count). The highest BCUT2D eigenvalue weighted by atomic mass is 32.2. The number of hydrogen-bond acceptors (Lipinski definition) is 9. The van der Waals surface area contributed by atoms with Crippen LogP contribution in [0.25, 0.3) is 0 Å². The molecular formula is C24H32N6O4S. The van der Waals surface area contributed by atoms with E-state index in [9.17, 15) is 14.9 Å². The standard InChI is InChI=1S/C24H32N6O4S/c1-14(15-4-6-19(7-5-15)35-34-33-27(2)3)29-18-10-22(24(29)32)28(12-18)13-20(26)23(31)30-17(11-25)8-16-9-21(16)30/h4-7,14,16-18,20-22H,8-10,12-13,26H2,1-3H3/t14-,16+,17-,18-,20-,21?,22-/m0/s1. The monoisotopic (exact) mass is 500 g/mol. The van der Waals surface area contributed by atoms with E-state index in [4.69, 9.17) is 15.1 Å². The SMILES string of the molecule is C[C@@H](c1ccc(SOON(C)C)cc1)N1C(=O)[C@@H]2C[C@H]1CN2C[C@H](N)C(=O)N1C2C[C@H]2C[C@H]1C#N. The fourth-order valence-electron chi connectivity index (χ4n) is 5.89. The average molecular weight is 501 g/mol. The van der Waals surface area contributed by atoms with Gasteiger partial charge in [0.1, 0.15) is 6.04 Å². The summed E-state index contributed by atoms with van der Waals surface area (Å²) in [5, 5.41) is 10.9. The number of carbonyl (C=O) groups excluding carboxylic acids is 2. The van der Waals surface area contributed by atoms with E-state index in [1.165, 1.54) is 5.06 Å². The van der Waals surface area contributed by atoms with E-state index in [0.717, 1.165) is 41.8 Å². The predicted octanol–water partition coefficient (Wildman–Crippen LogP) is 1.30. The van der Waals surface area contributed by atoms with Crippen molar-refractivity contribution in [3.05, 3.63) is 29.8 Å². The minimum atomic E-state index is -0.716. The van der Waals surface area contributed by atoms with Crippen LogP contribution in [-0.4, -0.2) is 89.0 Å². The van der Waals surface area contributed by atoms with E-state index in [2.05, 4.69) is 11.0 Å². The Labute approximate surface area is 210 Å². The molecule has 0 radical (unpaired) electrons. The zero-order chi connectivity index (χ0) is 24.9. The molecule has 1 unspecified atom stereocenters. The molecule has 0 spiro atoms. The zero-order valence-electron chi connectivity index (χ0n) is 20.2. The molecule has 3 saturated heterocycles. The largest absolute Gasteiger partial charge is 0.330 e. The van der Waals surface area contributed by atoms with Crippen LogP contribution >= 0.6 is 12.0 Å². The second kappa shape index (κ2) is 9.69. The van der Waals surface area contributed by atoms with Crippen LogP contribution in [0.5, 0.6) is 0 Å². The summed E-state index contributed by atoms with van der Waals surface area (Å²) in [5.41, 5.74) is 7.37. The van der Waals surface area contributed by atoms with E-state index < -0.39 is 6.04 Å². The van der Waals surface area contributed by atoms with Gasteiger partial charge in [-0.15, -0.1) is 9.32 Å². The van der Waals surface area contributed by atoms with Crippen molar-refractivity contribution in [3.8, 4) is 6.07 Å². The van der Waals surface area contributed by atoms with Gasteiger partial charge in [0.15, 0.2) is 0 Å². The van der Waals surface area contributed by atoms with Crippen molar-refractivity contribution in [2.24, 2.45) is 11.7 Å². The molecule has 4 fully saturated rings. The van der Waals surface area contributed by atoms with Gasteiger partial charge in [-0.05, 0) is 49.8 Å². The molecule has 3 heterocycles. The third kappa shape index (κ3) is 4.67. The third-order valence-corrected chi connectivity index (χ3v) is 8.25. The number of nitrogens with two attached hydrogens (primary N) is 1. The smallest absolute Gasteiger partial charge is 0.242 e. The van der Waals surface area contributed by atoms with Crippen LogP contribution in [0.3, 0.4) is 0 Å². The lowest BCUT2D eigenvalue weighted by Crippen LogP contribution is -2.57. The highest BCUT2D eigenvalue weighted by Crippen LogP contribution is 2.48. The Kier molecular flexibility index (Phi) is 6.78. The minimum absolute atomic E-state index is 0.0549. The van der Waals surface area contributed by atoms with Crippen LogP contribution in [0.2, 0.25) is 0 Å². The Hall–Kier alpha value is -2.20. The Morgan fingerprint density at radius 1 is 1.29 bits per heavy atom. The third-order valence-electron chi connectivity index (χ3n) is 7.66. The summed E-state index contributed by atoms with van der Waals surface area (Å²) in [5.74, 6) is 0.398. The minimum Gasteiger partial charge on any atom is -0.330 e. The van der Waals surface area contributed by atoms with Crippen molar-refractivity contribution in [3.63, 3.8) is 0 Å². The lowest BCUT2D eigenvalue weighted by molar-refractivity contribution is -0.340. The van der Waals surface area contributed by atoms with Gasteiger partial charge in [0, 0.05) is 44.2 Å². The van der Waals surface area contributed by atoms with Gasteiger partial charge in [0.05, 0.1) is 36.2 Å². The van der Waals surface area contributed by atoms with Gasteiger partial charge < -0.3 is 15.5 Å². The fraction of sp³-hybridized carbons (Fsp3) is 0.625. The maximum absolute atomic E-state index is 13.3. The maximum atomic E-state index is 13.3. The van der Waals surface area contributed by atoms with Crippen molar-refractivity contribution < 1.29 is 18.9 Å². The zero-order valence-corrected chi connectivity index (χ0v) is 21.1. The molecule has 3 aliphatic heterocycles.